The van der Waals surface area contributed by atoms with Gasteiger partial charge >= 0.3 is 0 Å². The third kappa shape index (κ3) is 1.76. The van der Waals surface area contributed by atoms with Gasteiger partial charge in [0.05, 0.1) is 0 Å². The summed E-state index contributed by atoms with van der Waals surface area (Å²) in [6.45, 7) is 0. The summed E-state index contributed by atoms with van der Waals surface area (Å²) in [4.78, 5) is 2.41. The Balaban J connectivity index is 2.02. The molecule has 0 aliphatic carbocycles. The van der Waals surface area contributed by atoms with E-state index in [0.717, 1.165) is 5.56 Å². The maximum atomic E-state index is 9.99. The average Bonchev–Trinajstić information content (AvgIpc) is 2.56. The number of likely N-dealkylation sites (N-methyl/N-ethyl adjacent to an activating group) is 1. The van der Waals surface area contributed by atoms with Crippen LogP contribution in [-0.4, -0.2) is 29.1 Å². The highest BCUT2D eigenvalue weighted by Crippen LogP contribution is 2.42. The molecule has 2 bridgehead atoms. The number of benzene rings is 1. The Morgan fingerprint density at radius 1 is 1.29 bits per heavy atom. The lowest BCUT2D eigenvalue weighted by molar-refractivity contribution is 0.240. The monoisotopic (exact) mass is 249 g/mol. The van der Waals surface area contributed by atoms with E-state index in [4.69, 9.17) is 11.6 Å². The van der Waals surface area contributed by atoms with Crippen LogP contribution in [0.2, 0.25) is 5.02 Å². The molecule has 1 aromatic rings. The molecule has 1 aromatic carbocycles. The molecular weight excluding hydrogens is 234 g/mol. The summed E-state index contributed by atoms with van der Waals surface area (Å²) in [5, 5.41) is 10.7. The molecule has 1 N–H and O–H groups in total. The van der Waals surface area contributed by atoms with Crippen LogP contribution in [0.3, 0.4) is 0 Å². The van der Waals surface area contributed by atoms with E-state index in [0.29, 0.717) is 22.9 Å². The van der Waals surface area contributed by atoms with E-state index in [9.17, 15) is 5.11 Å². The lowest BCUT2D eigenvalue weighted by Gasteiger charge is -2.34. The lowest BCUT2D eigenvalue weighted by Crippen LogP contribution is -2.37. The standard InChI is InChI=1S/C14H16ClNO/c1-16-10-3-5-11(13(16)6-4-10)12-8-9(15)2-7-14(12)17/h2-3,5,7-8,10-11,13,17H,4,6H2,1H3. The van der Waals surface area contributed by atoms with Crippen molar-refractivity contribution < 1.29 is 5.11 Å². The second-order valence-electron chi connectivity index (χ2n) is 4.99. The van der Waals surface area contributed by atoms with Crippen molar-refractivity contribution in [3.63, 3.8) is 0 Å². The number of halogens is 1. The van der Waals surface area contributed by atoms with E-state index in [1.807, 2.05) is 6.07 Å². The van der Waals surface area contributed by atoms with Gasteiger partial charge in [-0.1, -0.05) is 23.8 Å². The second kappa shape index (κ2) is 4.04. The Morgan fingerprint density at radius 3 is 2.94 bits per heavy atom. The highest BCUT2D eigenvalue weighted by atomic mass is 35.5. The van der Waals surface area contributed by atoms with Gasteiger partial charge in [0, 0.05) is 28.6 Å². The Kier molecular flexibility index (Phi) is 2.64. The molecule has 17 heavy (non-hydrogen) atoms. The number of phenolic OH excluding ortho intramolecular Hbond substituents is 1. The van der Waals surface area contributed by atoms with Crippen molar-refractivity contribution in [1.29, 1.82) is 0 Å². The summed E-state index contributed by atoms with van der Waals surface area (Å²) >= 11 is 6.02. The minimum Gasteiger partial charge on any atom is -0.508 e. The van der Waals surface area contributed by atoms with Crippen LogP contribution in [0.5, 0.6) is 5.75 Å². The van der Waals surface area contributed by atoms with Crippen molar-refractivity contribution in [2.45, 2.75) is 30.8 Å². The number of rotatable bonds is 1. The Morgan fingerprint density at radius 2 is 2.12 bits per heavy atom. The summed E-state index contributed by atoms with van der Waals surface area (Å²) < 4.78 is 0. The van der Waals surface area contributed by atoms with Crippen molar-refractivity contribution in [3.05, 3.63) is 40.9 Å². The predicted molar refractivity (Wildman–Crippen MR) is 69.6 cm³/mol. The van der Waals surface area contributed by atoms with Crippen molar-refractivity contribution in [1.82, 2.24) is 4.90 Å². The van der Waals surface area contributed by atoms with Crippen molar-refractivity contribution in [3.8, 4) is 5.75 Å². The maximum absolute atomic E-state index is 9.99. The van der Waals surface area contributed by atoms with Crippen LogP contribution >= 0.6 is 11.6 Å². The van der Waals surface area contributed by atoms with Gasteiger partial charge < -0.3 is 5.11 Å². The van der Waals surface area contributed by atoms with E-state index in [-0.39, 0.29) is 5.92 Å². The molecule has 2 aliphatic rings. The van der Waals surface area contributed by atoms with Gasteiger partial charge in [0.15, 0.2) is 0 Å². The topological polar surface area (TPSA) is 23.5 Å². The van der Waals surface area contributed by atoms with Gasteiger partial charge in [-0.3, -0.25) is 4.90 Å². The Hall–Kier alpha value is -0.990. The molecule has 1 saturated heterocycles. The molecule has 0 radical (unpaired) electrons. The smallest absolute Gasteiger partial charge is 0.119 e. The van der Waals surface area contributed by atoms with Gasteiger partial charge in [-0.25, -0.2) is 0 Å². The first kappa shape index (κ1) is 11.1. The third-order valence-corrected chi connectivity index (χ3v) is 4.34. The van der Waals surface area contributed by atoms with Gasteiger partial charge in [-0.05, 0) is 38.1 Å². The maximum Gasteiger partial charge on any atom is 0.119 e. The summed E-state index contributed by atoms with van der Waals surface area (Å²) in [5.41, 5.74) is 0.950. The fourth-order valence-corrected chi connectivity index (χ4v) is 3.32. The van der Waals surface area contributed by atoms with Gasteiger partial charge in [0.2, 0.25) is 0 Å². The molecule has 0 saturated carbocycles. The highest BCUT2D eigenvalue weighted by molar-refractivity contribution is 6.30. The molecule has 90 valence electrons. The van der Waals surface area contributed by atoms with Crippen LogP contribution < -0.4 is 0 Å². The normalized spacial score (nSPS) is 32.0. The number of hydrogen-bond acceptors (Lipinski definition) is 2. The van der Waals surface area contributed by atoms with Crippen LogP contribution in [0.25, 0.3) is 0 Å². The Bertz CT molecular complexity index is 471. The van der Waals surface area contributed by atoms with Crippen molar-refractivity contribution in [2.24, 2.45) is 0 Å². The minimum atomic E-state index is 0.262. The van der Waals surface area contributed by atoms with Gasteiger partial charge in [0.25, 0.3) is 0 Å². The van der Waals surface area contributed by atoms with E-state index >= 15 is 0 Å². The first-order valence-electron chi connectivity index (χ1n) is 6.05. The van der Waals surface area contributed by atoms with E-state index in [2.05, 4.69) is 24.1 Å². The van der Waals surface area contributed by atoms with Gasteiger partial charge in [0.1, 0.15) is 5.75 Å². The van der Waals surface area contributed by atoms with Crippen LogP contribution in [0.1, 0.15) is 24.3 Å². The summed E-state index contributed by atoms with van der Waals surface area (Å²) in [6, 6.07) is 6.38. The molecule has 0 aromatic heterocycles. The van der Waals surface area contributed by atoms with E-state index < -0.39 is 0 Å². The zero-order valence-corrected chi connectivity index (χ0v) is 10.6. The molecule has 3 atom stereocenters. The lowest BCUT2D eigenvalue weighted by atomic mass is 9.88. The first-order chi connectivity index (χ1) is 8.16. The fourth-order valence-electron chi connectivity index (χ4n) is 3.14. The molecule has 3 unspecified atom stereocenters. The molecule has 2 nitrogen and oxygen atoms in total. The van der Waals surface area contributed by atoms with Gasteiger partial charge in [-0.2, -0.15) is 0 Å². The molecule has 2 heterocycles. The number of hydrogen-bond donors (Lipinski definition) is 1. The number of fused-ring (bicyclic) bond motifs is 2. The zero-order valence-electron chi connectivity index (χ0n) is 9.81. The molecule has 0 spiro atoms. The Labute approximate surface area is 107 Å². The second-order valence-corrected chi connectivity index (χ2v) is 5.43. The molecule has 2 aliphatic heterocycles. The molecule has 3 heteroatoms. The van der Waals surface area contributed by atoms with Crippen LogP contribution in [-0.2, 0) is 0 Å². The van der Waals surface area contributed by atoms with Gasteiger partial charge in [-0.15, -0.1) is 0 Å². The summed E-state index contributed by atoms with van der Waals surface area (Å²) in [5.74, 6) is 0.611. The molecule has 1 fully saturated rings. The summed E-state index contributed by atoms with van der Waals surface area (Å²) in [6.07, 6.45) is 6.89. The highest BCUT2D eigenvalue weighted by Gasteiger charge is 2.38. The molecular formula is C14H16ClNO. The number of nitrogens with zero attached hydrogens (tertiary/aromatic N) is 1. The van der Waals surface area contributed by atoms with Crippen LogP contribution in [0, 0.1) is 0 Å². The predicted octanol–water partition coefficient (Wildman–Crippen LogP) is 3.16. The largest absolute Gasteiger partial charge is 0.508 e. The van der Waals surface area contributed by atoms with Crippen molar-refractivity contribution in [2.75, 3.05) is 7.05 Å². The zero-order chi connectivity index (χ0) is 12.0. The van der Waals surface area contributed by atoms with Crippen LogP contribution in [0.15, 0.2) is 30.4 Å². The average molecular weight is 250 g/mol. The van der Waals surface area contributed by atoms with E-state index in [1.165, 1.54) is 12.8 Å². The van der Waals surface area contributed by atoms with Crippen LogP contribution in [0.4, 0.5) is 0 Å². The third-order valence-electron chi connectivity index (χ3n) is 4.11. The number of aromatic hydroxyl groups is 1. The van der Waals surface area contributed by atoms with Crippen molar-refractivity contribution >= 4 is 11.6 Å². The SMILES string of the molecule is CN1C2C=CC(c3cc(Cl)ccc3O)C1CC2. The number of phenols is 1. The minimum absolute atomic E-state index is 0.262. The quantitative estimate of drug-likeness (QED) is 0.773. The first-order valence-corrected chi connectivity index (χ1v) is 6.43. The summed E-state index contributed by atoms with van der Waals surface area (Å²) in [7, 11) is 2.17. The molecule has 3 rings (SSSR count). The molecule has 0 amide bonds. The fraction of sp³-hybridized carbons (Fsp3) is 0.429. The van der Waals surface area contributed by atoms with E-state index in [1.54, 1.807) is 12.1 Å².